The second kappa shape index (κ2) is 8.00. The van der Waals surface area contributed by atoms with Crippen molar-refractivity contribution in [1.82, 2.24) is 9.80 Å². The highest BCUT2D eigenvalue weighted by Gasteiger charge is 2.33. The summed E-state index contributed by atoms with van der Waals surface area (Å²) >= 11 is 0. The molecule has 0 spiro atoms. The number of carbonyl (C=O) groups is 2. The van der Waals surface area contributed by atoms with Gasteiger partial charge in [-0.15, -0.1) is 0 Å². The molecule has 5 nitrogen and oxygen atoms in total. The van der Waals surface area contributed by atoms with E-state index in [1.165, 1.54) is 19.3 Å². The Morgan fingerprint density at radius 3 is 2.68 bits per heavy atom. The third-order valence-electron chi connectivity index (χ3n) is 5.31. The van der Waals surface area contributed by atoms with Crippen LogP contribution in [0.2, 0.25) is 0 Å². The maximum atomic E-state index is 12.6. The van der Waals surface area contributed by atoms with Gasteiger partial charge in [0.25, 0.3) is 0 Å². The summed E-state index contributed by atoms with van der Waals surface area (Å²) in [4.78, 5) is 31.2. The molecule has 0 radical (unpaired) electrons. The van der Waals surface area contributed by atoms with Crippen LogP contribution in [-0.2, 0) is 9.59 Å². The van der Waals surface area contributed by atoms with Crippen molar-refractivity contribution in [2.75, 3.05) is 37.6 Å². The molecule has 2 saturated heterocycles. The van der Waals surface area contributed by atoms with Gasteiger partial charge in [0.15, 0.2) is 0 Å². The standard InChI is InChI=1S/C20H29N3O2/c1-16-7-6-8-18(13-16)23-14-17(2)22(15-20(23)25)19(24)9-12-21-10-4-3-5-11-21/h6-8,13,17H,3-5,9-12,14-15H2,1-2H3. The number of amides is 2. The zero-order valence-electron chi connectivity index (χ0n) is 15.4. The highest BCUT2D eigenvalue weighted by atomic mass is 16.2. The van der Waals surface area contributed by atoms with Gasteiger partial charge in [0.05, 0.1) is 0 Å². The van der Waals surface area contributed by atoms with Gasteiger partial charge in [-0.2, -0.15) is 0 Å². The highest BCUT2D eigenvalue weighted by molar-refractivity contribution is 5.98. The molecule has 2 amide bonds. The number of benzene rings is 1. The maximum absolute atomic E-state index is 12.6. The molecular formula is C20H29N3O2. The second-order valence-corrected chi connectivity index (χ2v) is 7.37. The van der Waals surface area contributed by atoms with Gasteiger partial charge in [-0.05, 0) is 57.5 Å². The van der Waals surface area contributed by atoms with E-state index in [0.29, 0.717) is 13.0 Å². The summed E-state index contributed by atoms with van der Waals surface area (Å²) in [5.41, 5.74) is 2.07. The first-order chi connectivity index (χ1) is 12.0. The lowest BCUT2D eigenvalue weighted by molar-refractivity contribution is -0.139. The number of hydrogen-bond donors (Lipinski definition) is 0. The molecule has 0 bridgehead atoms. The van der Waals surface area contributed by atoms with Gasteiger partial charge in [0.1, 0.15) is 6.54 Å². The van der Waals surface area contributed by atoms with Crippen LogP contribution in [0.1, 0.15) is 38.2 Å². The fraction of sp³-hybridized carbons (Fsp3) is 0.600. The van der Waals surface area contributed by atoms with Crippen LogP contribution in [0.15, 0.2) is 24.3 Å². The lowest BCUT2D eigenvalue weighted by Crippen LogP contribution is -2.57. The van der Waals surface area contributed by atoms with Crippen molar-refractivity contribution in [3.05, 3.63) is 29.8 Å². The Labute approximate surface area is 150 Å². The van der Waals surface area contributed by atoms with E-state index < -0.39 is 0 Å². The van der Waals surface area contributed by atoms with Crippen molar-refractivity contribution >= 4 is 17.5 Å². The van der Waals surface area contributed by atoms with Gasteiger partial charge >= 0.3 is 0 Å². The van der Waals surface area contributed by atoms with Gasteiger partial charge in [-0.1, -0.05) is 18.6 Å². The Morgan fingerprint density at radius 2 is 1.96 bits per heavy atom. The van der Waals surface area contributed by atoms with Crippen molar-refractivity contribution < 1.29 is 9.59 Å². The first kappa shape index (κ1) is 17.9. The van der Waals surface area contributed by atoms with E-state index in [9.17, 15) is 9.59 Å². The van der Waals surface area contributed by atoms with Gasteiger partial charge < -0.3 is 14.7 Å². The molecule has 0 N–H and O–H groups in total. The molecule has 25 heavy (non-hydrogen) atoms. The number of aryl methyl sites for hydroxylation is 1. The minimum atomic E-state index is 0.00928. The van der Waals surface area contributed by atoms with Crippen LogP contribution in [0.25, 0.3) is 0 Å². The van der Waals surface area contributed by atoms with Gasteiger partial charge in [0, 0.05) is 31.2 Å². The predicted octanol–water partition coefficient (Wildman–Crippen LogP) is 2.43. The predicted molar refractivity (Wildman–Crippen MR) is 99.6 cm³/mol. The summed E-state index contributed by atoms with van der Waals surface area (Å²) < 4.78 is 0. The minimum absolute atomic E-state index is 0.00928. The Balaban J connectivity index is 1.57. The van der Waals surface area contributed by atoms with Crippen LogP contribution in [0, 0.1) is 6.92 Å². The molecule has 1 unspecified atom stereocenters. The van der Waals surface area contributed by atoms with E-state index in [4.69, 9.17) is 0 Å². The molecule has 0 aliphatic carbocycles. The molecule has 5 heteroatoms. The van der Waals surface area contributed by atoms with Gasteiger partial charge in [0.2, 0.25) is 11.8 Å². The third-order valence-corrected chi connectivity index (χ3v) is 5.31. The van der Waals surface area contributed by atoms with Gasteiger partial charge in [-0.25, -0.2) is 0 Å². The Kier molecular flexibility index (Phi) is 5.74. The van der Waals surface area contributed by atoms with E-state index in [-0.39, 0.29) is 24.4 Å². The number of anilines is 1. The minimum Gasteiger partial charge on any atom is -0.329 e. The number of piperazine rings is 1. The van der Waals surface area contributed by atoms with Crippen molar-refractivity contribution in [3.8, 4) is 0 Å². The van der Waals surface area contributed by atoms with E-state index in [1.807, 2.05) is 43.0 Å². The Morgan fingerprint density at radius 1 is 1.20 bits per heavy atom. The first-order valence-electron chi connectivity index (χ1n) is 9.43. The normalized spacial score (nSPS) is 22.3. The van der Waals surface area contributed by atoms with Crippen LogP contribution in [0.3, 0.4) is 0 Å². The summed E-state index contributed by atoms with van der Waals surface area (Å²) in [6.07, 6.45) is 4.29. The topological polar surface area (TPSA) is 43.9 Å². The van der Waals surface area contributed by atoms with Crippen LogP contribution >= 0.6 is 0 Å². The molecule has 3 rings (SSSR count). The van der Waals surface area contributed by atoms with Crippen LogP contribution < -0.4 is 4.90 Å². The molecule has 0 aromatic heterocycles. The van der Waals surface area contributed by atoms with E-state index in [0.717, 1.165) is 30.9 Å². The summed E-state index contributed by atoms with van der Waals surface area (Å²) in [5, 5.41) is 0. The summed E-state index contributed by atoms with van der Waals surface area (Å²) in [6, 6.07) is 8.03. The van der Waals surface area contributed by atoms with E-state index in [2.05, 4.69) is 4.90 Å². The summed E-state index contributed by atoms with van der Waals surface area (Å²) in [7, 11) is 0. The number of rotatable bonds is 4. The molecule has 2 aliphatic heterocycles. The first-order valence-corrected chi connectivity index (χ1v) is 9.43. The molecule has 1 aromatic carbocycles. The van der Waals surface area contributed by atoms with Crippen LogP contribution in [0.5, 0.6) is 0 Å². The third kappa shape index (κ3) is 4.40. The summed E-state index contributed by atoms with van der Waals surface area (Å²) in [6.45, 7) is 7.83. The molecule has 1 atom stereocenters. The average molecular weight is 343 g/mol. The van der Waals surface area contributed by atoms with Crippen LogP contribution in [0.4, 0.5) is 5.69 Å². The van der Waals surface area contributed by atoms with E-state index >= 15 is 0 Å². The second-order valence-electron chi connectivity index (χ2n) is 7.37. The van der Waals surface area contributed by atoms with Crippen molar-refractivity contribution in [2.24, 2.45) is 0 Å². The Hall–Kier alpha value is -1.88. The van der Waals surface area contributed by atoms with Crippen molar-refractivity contribution in [1.29, 1.82) is 0 Å². The molecule has 0 saturated carbocycles. The molecule has 2 aliphatic rings. The molecule has 1 aromatic rings. The number of carbonyl (C=O) groups excluding carboxylic acids is 2. The average Bonchev–Trinajstić information content (AvgIpc) is 2.62. The van der Waals surface area contributed by atoms with E-state index in [1.54, 1.807) is 4.90 Å². The van der Waals surface area contributed by atoms with Crippen molar-refractivity contribution in [3.63, 3.8) is 0 Å². The fourth-order valence-corrected chi connectivity index (χ4v) is 3.81. The zero-order valence-corrected chi connectivity index (χ0v) is 15.4. The van der Waals surface area contributed by atoms with Gasteiger partial charge in [-0.3, -0.25) is 9.59 Å². The van der Waals surface area contributed by atoms with Crippen LogP contribution in [-0.4, -0.2) is 60.4 Å². The van der Waals surface area contributed by atoms with Crippen molar-refractivity contribution in [2.45, 2.75) is 45.6 Å². The molecular weight excluding hydrogens is 314 g/mol. The molecule has 136 valence electrons. The Bertz CT molecular complexity index is 625. The fourth-order valence-electron chi connectivity index (χ4n) is 3.81. The highest BCUT2D eigenvalue weighted by Crippen LogP contribution is 2.22. The molecule has 2 fully saturated rings. The number of nitrogens with zero attached hydrogens (tertiary/aromatic N) is 3. The quantitative estimate of drug-likeness (QED) is 0.843. The SMILES string of the molecule is Cc1cccc(N2CC(C)N(C(=O)CCN3CCCCC3)CC2=O)c1. The molecule has 2 heterocycles. The smallest absolute Gasteiger partial charge is 0.246 e. The summed E-state index contributed by atoms with van der Waals surface area (Å²) in [5.74, 6) is 0.116. The number of likely N-dealkylation sites (tertiary alicyclic amines) is 1. The zero-order chi connectivity index (χ0) is 17.8. The lowest BCUT2D eigenvalue weighted by atomic mass is 10.1. The largest absolute Gasteiger partial charge is 0.329 e. The monoisotopic (exact) mass is 343 g/mol. The number of hydrogen-bond acceptors (Lipinski definition) is 3. The number of piperidine rings is 1. The lowest BCUT2D eigenvalue weighted by Gasteiger charge is -2.40. The maximum Gasteiger partial charge on any atom is 0.246 e.